The van der Waals surface area contributed by atoms with E-state index in [1.165, 1.54) is 22.8 Å². The topological polar surface area (TPSA) is 122 Å². The summed E-state index contributed by atoms with van der Waals surface area (Å²) in [6.07, 6.45) is 1.06. The molecule has 3 atom stereocenters. The van der Waals surface area contributed by atoms with Crippen LogP contribution in [0.25, 0.3) is 0 Å². The number of likely N-dealkylation sites (tertiary alicyclic amines) is 1. The number of carbonyl (C=O) groups is 3. The molecule has 1 aliphatic heterocycles. The summed E-state index contributed by atoms with van der Waals surface area (Å²) in [7, 11) is 6.30. The third-order valence-electron chi connectivity index (χ3n) is 10.6. The minimum absolute atomic E-state index is 0.00549. The lowest BCUT2D eigenvalue weighted by Gasteiger charge is -2.46. The van der Waals surface area contributed by atoms with Crippen molar-refractivity contribution in [2.75, 3.05) is 31.1 Å². The van der Waals surface area contributed by atoms with E-state index in [0.717, 1.165) is 17.5 Å². The second kappa shape index (κ2) is 16.8. The van der Waals surface area contributed by atoms with E-state index in [9.17, 15) is 27.6 Å². The van der Waals surface area contributed by atoms with Crippen molar-refractivity contribution in [3.05, 3.63) is 95.8 Å². The minimum atomic E-state index is -4.74. The van der Waals surface area contributed by atoms with Gasteiger partial charge in [0.1, 0.15) is 35.2 Å². The average molecular weight is 762 g/mol. The molecule has 4 amide bonds. The Morgan fingerprint density at radius 1 is 0.909 bits per heavy atom. The van der Waals surface area contributed by atoms with Crippen LogP contribution in [0.1, 0.15) is 48.8 Å². The van der Waals surface area contributed by atoms with Gasteiger partial charge in [0.2, 0.25) is 5.91 Å². The van der Waals surface area contributed by atoms with Crippen LogP contribution >= 0.6 is 0 Å². The van der Waals surface area contributed by atoms with Crippen LogP contribution in [-0.2, 0) is 36.1 Å². The number of rotatable bonds is 13. The molecule has 4 aromatic rings. The van der Waals surface area contributed by atoms with Crippen molar-refractivity contribution in [3.63, 3.8) is 0 Å². The van der Waals surface area contributed by atoms with Crippen molar-refractivity contribution in [3.8, 4) is 11.5 Å². The van der Waals surface area contributed by atoms with Crippen molar-refractivity contribution in [2.45, 2.75) is 69.9 Å². The lowest BCUT2D eigenvalue weighted by molar-refractivity contribution is -0.170. The number of β-lactam (4-membered cyclic amide) rings is 1. The molecule has 6 rings (SSSR count). The van der Waals surface area contributed by atoms with Gasteiger partial charge < -0.3 is 19.7 Å². The Balaban J connectivity index is 1.32. The number of urea groups is 1. The number of aryl methyl sites for hydroxylation is 1. The highest BCUT2D eigenvalue weighted by Gasteiger charge is 2.57. The molecule has 15 heteroatoms. The average Bonchev–Trinajstić information content (AvgIpc) is 3.63. The lowest BCUT2D eigenvalue weighted by atomic mass is 9.81. The number of benzene rings is 2. The number of amides is 4. The summed E-state index contributed by atoms with van der Waals surface area (Å²) in [5.74, 6) is -0.942. The number of hydrogen-bond acceptors (Lipinski definition) is 8. The van der Waals surface area contributed by atoms with Crippen LogP contribution in [0, 0.1) is 11.8 Å². The molecule has 292 valence electrons. The number of imide groups is 1. The summed E-state index contributed by atoms with van der Waals surface area (Å²) in [5.41, 5.74) is 2.53. The lowest BCUT2D eigenvalue weighted by Crippen LogP contribution is -2.71. The van der Waals surface area contributed by atoms with Crippen molar-refractivity contribution in [1.29, 1.82) is 0 Å². The molecule has 2 aromatic carbocycles. The first-order chi connectivity index (χ1) is 26.4. The van der Waals surface area contributed by atoms with Gasteiger partial charge in [-0.25, -0.2) is 9.78 Å². The van der Waals surface area contributed by atoms with Crippen LogP contribution in [-0.4, -0.2) is 77.0 Å². The second-order valence-electron chi connectivity index (χ2n) is 14.1. The number of carbonyl (C=O) groups excluding carboxylic acids is 3. The summed E-state index contributed by atoms with van der Waals surface area (Å²) in [6.45, 7) is 0.831. The molecule has 0 radical (unpaired) electrons. The van der Waals surface area contributed by atoms with Gasteiger partial charge in [-0.15, -0.1) is 0 Å². The summed E-state index contributed by atoms with van der Waals surface area (Å²) in [6, 6.07) is 15.6. The van der Waals surface area contributed by atoms with Crippen LogP contribution in [0.15, 0.2) is 79.1 Å². The Bertz CT molecular complexity index is 1900. The molecule has 1 N–H and O–H groups in total. The molecular weight excluding hydrogens is 715 g/mol. The highest BCUT2D eigenvalue weighted by atomic mass is 19.4. The first kappa shape index (κ1) is 39.1. The Kier molecular flexibility index (Phi) is 12.0. The Hall–Kier alpha value is -5.60. The molecule has 0 bridgehead atoms. The number of halogens is 3. The van der Waals surface area contributed by atoms with Crippen molar-refractivity contribution < 1.29 is 37.0 Å². The number of nitrogens with one attached hydrogen (secondary N) is 1. The van der Waals surface area contributed by atoms with E-state index in [-0.39, 0.29) is 6.42 Å². The molecule has 2 fully saturated rings. The van der Waals surface area contributed by atoms with Crippen LogP contribution in [0.3, 0.4) is 0 Å². The largest absolute Gasteiger partial charge is 0.497 e. The van der Waals surface area contributed by atoms with E-state index in [1.807, 2.05) is 59.5 Å². The highest BCUT2D eigenvalue weighted by Crippen LogP contribution is 2.38. The molecule has 3 heterocycles. The summed E-state index contributed by atoms with van der Waals surface area (Å²) in [4.78, 5) is 50.8. The Labute approximate surface area is 318 Å². The maximum Gasteiger partial charge on any atom is 0.408 e. The number of likely N-dealkylation sites (N-methyl/N-ethyl adjacent to an activating group) is 1. The molecule has 1 aliphatic carbocycles. The van der Waals surface area contributed by atoms with Crippen LogP contribution < -0.4 is 24.6 Å². The summed E-state index contributed by atoms with van der Waals surface area (Å²) >= 11 is 0. The van der Waals surface area contributed by atoms with Gasteiger partial charge >= 0.3 is 12.2 Å². The van der Waals surface area contributed by atoms with E-state index in [0.29, 0.717) is 72.4 Å². The quantitative estimate of drug-likeness (QED) is 0.158. The first-order valence-electron chi connectivity index (χ1n) is 18.3. The van der Waals surface area contributed by atoms with E-state index >= 15 is 0 Å². The van der Waals surface area contributed by atoms with Crippen LogP contribution in [0.4, 0.5) is 29.6 Å². The van der Waals surface area contributed by atoms with Gasteiger partial charge in [-0.05, 0) is 72.2 Å². The predicted octanol–water partition coefficient (Wildman–Crippen LogP) is 6.29. The first-order valence-corrected chi connectivity index (χ1v) is 18.3. The fourth-order valence-corrected chi connectivity index (χ4v) is 7.62. The van der Waals surface area contributed by atoms with E-state index in [4.69, 9.17) is 14.5 Å². The number of nitrogens with zero attached hydrogens (tertiary/aromatic N) is 6. The third-order valence-corrected chi connectivity index (χ3v) is 10.6. The third kappa shape index (κ3) is 8.71. The minimum Gasteiger partial charge on any atom is -0.497 e. The van der Waals surface area contributed by atoms with Gasteiger partial charge in [-0.2, -0.15) is 18.3 Å². The van der Waals surface area contributed by atoms with E-state index in [1.54, 1.807) is 39.6 Å². The zero-order valence-corrected chi connectivity index (χ0v) is 31.3. The zero-order valence-electron chi connectivity index (χ0n) is 31.3. The fourth-order valence-electron chi connectivity index (χ4n) is 7.62. The SMILES string of the molecule is COc1ccc(CN(Cc2ccc(OC)cc2)c2ncccc2C[C@H]2C(=O)N(C(=O)N[C@H](C3CCCCC3)C(F)(F)F)[C@@H]2C(=O)N(C)c2ccnn2C)cc1. The smallest absolute Gasteiger partial charge is 0.408 e. The molecule has 2 aliphatic rings. The normalized spacial score (nSPS) is 17.9. The molecule has 0 unspecified atom stereocenters. The number of alkyl halides is 3. The molecule has 1 saturated carbocycles. The fraction of sp³-hybridized carbons (Fsp3) is 0.425. The number of hydrogen-bond donors (Lipinski definition) is 1. The number of pyridine rings is 1. The number of ether oxygens (including phenoxy) is 2. The number of aromatic nitrogens is 3. The standard InChI is InChI=1S/C40H46F3N7O5/c1-47(33-20-22-45-48(33)2)38(52)34-32(37(51)50(34)39(53)46-35(40(41,42)43)28-9-6-5-7-10-28)23-29-11-8-21-44-36(29)49(24-26-12-16-30(54-3)17-13-26)25-27-14-18-31(55-4)19-15-27/h8,11-22,28,32,34-35H,5-7,9-10,23-25H2,1-4H3,(H,46,53)/t32-,34+,35-/m1/s1. The van der Waals surface area contributed by atoms with Gasteiger partial charge in [-0.3, -0.25) is 24.1 Å². The maximum atomic E-state index is 14.4. The molecule has 1 saturated heterocycles. The van der Waals surface area contributed by atoms with E-state index < -0.39 is 47.9 Å². The van der Waals surface area contributed by atoms with Crippen LogP contribution in [0.5, 0.6) is 11.5 Å². The van der Waals surface area contributed by atoms with Crippen LogP contribution in [0.2, 0.25) is 0 Å². The van der Waals surface area contributed by atoms with Gasteiger partial charge in [0, 0.05) is 39.4 Å². The second-order valence-corrected chi connectivity index (χ2v) is 14.1. The zero-order chi connectivity index (χ0) is 39.3. The van der Waals surface area contributed by atoms with Crippen molar-refractivity contribution >= 4 is 29.5 Å². The van der Waals surface area contributed by atoms with Gasteiger partial charge in [0.15, 0.2) is 0 Å². The van der Waals surface area contributed by atoms with Crippen molar-refractivity contribution in [2.24, 2.45) is 18.9 Å². The monoisotopic (exact) mass is 761 g/mol. The van der Waals surface area contributed by atoms with Gasteiger partial charge in [-0.1, -0.05) is 49.6 Å². The molecule has 0 spiro atoms. The van der Waals surface area contributed by atoms with Gasteiger partial charge in [0.05, 0.1) is 26.3 Å². The summed E-state index contributed by atoms with van der Waals surface area (Å²) < 4.78 is 55.4. The Morgan fingerprint density at radius 3 is 2.04 bits per heavy atom. The summed E-state index contributed by atoms with van der Waals surface area (Å²) in [5, 5.41) is 6.25. The maximum absolute atomic E-state index is 14.4. The predicted molar refractivity (Wildman–Crippen MR) is 200 cm³/mol. The molecule has 55 heavy (non-hydrogen) atoms. The molecular formula is C40H46F3N7O5. The van der Waals surface area contributed by atoms with Crippen molar-refractivity contribution in [1.82, 2.24) is 25.0 Å². The highest BCUT2D eigenvalue weighted by molar-refractivity contribution is 6.12. The molecule has 12 nitrogen and oxygen atoms in total. The molecule has 2 aromatic heterocycles. The number of methoxy groups -OCH3 is 2. The van der Waals surface area contributed by atoms with Gasteiger partial charge in [0.25, 0.3) is 5.91 Å². The number of anilines is 2. The Morgan fingerprint density at radius 2 is 1.51 bits per heavy atom. The van der Waals surface area contributed by atoms with E-state index in [2.05, 4.69) is 10.4 Å².